The lowest BCUT2D eigenvalue weighted by atomic mass is 9.92. The van der Waals surface area contributed by atoms with Gasteiger partial charge in [-0.15, -0.1) is 0 Å². The summed E-state index contributed by atoms with van der Waals surface area (Å²) < 4.78 is 0. The minimum absolute atomic E-state index is 0.470. The highest BCUT2D eigenvalue weighted by Gasteiger charge is 2.27. The van der Waals surface area contributed by atoms with E-state index in [0.29, 0.717) is 5.92 Å². The topological polar surface area (TPSA) is 26.0 Å². The van der Waals surface area contributed by atoms with Gasteiger partial charge < -0.3 is 5.73 Å². The van der Waals surface area contributed by atoms with Crippen LogP contribution in [0, 0.1) is 0 Å². The Morgan fingerprint density at radius 2 is 1.44 bits per heavy atom. The molecule has 0 spiro atoms. The molecule has 0 saturated carbocycles. The number of hydrogen-bond acceptors (Lipinski definition) is 1. The van der Waals surface area contributed by atoms with Gasteiger partial charge in [0.15, 0.2) is 0 Å². The number of fused-ring (bicyclic) bond motifs is 3. The molecule has 0 radical (unpaired) electrons. The zero-order chi connectivity index (χ0) is 12.5. The predicted molar refractivity (Wildman–Crippen MR) is 76.3 cm³/mol. The summed E-state index contributed by atoms with van der Waals surface area (Å²) >= 11 is 0. The minimum atomic E-state index is 0.470. The van der Waals surface area contributed by atoms with Crippen LogP contribution in [0.2, 0.25) is 0 Å². The van der Waals surface area contributed by atoms with Gasteiger partial charge in [-0.3, -0.25) is 0 Å². The van der Waals surface area contributed by atoms with Gasteiger partial charge in [-0.2, -0.15) is 0 Å². The lowest BCUT2D eigenvalue weighted by molar-refractivity contribution is 0.722. The Kier molecular flexibility index (Phi) is 2.67. The molecule has 0 atom stereocenters. The average Bonchev–Trinajstić information content (AvgIpc) is 2.71. The van der Waals surface area contributed by atoms with Gasteiger partial charge in [0.2, 0.25) is 0 Å². The smallest absolute Gasteiger partial charge is 0.0105 e. The Balaban J connectivity index is 2.06. The van der Waals surface area contributed by atoms with E-state index >= 15 is 0 Å². The first-order valence-electron chi connectivity index (χ1n) is 6.39. The van der Waals surface area contributed by atoms with Crippen LogP contribution in [0.4, 0.5) is 0 Å². The molecular weight excluding hydrogens is 218 g/mol. The third-order valence-electron chi connectivity index (χ3n) is 3.72. The summed E-state index contributed by atoms with van der Waals surface area (Å²) in [5.41, 5.74) is 12.1. The maximum Gasteiger partial charge on any atom is 0.0105 e. The Bertz CT molecular complexity index is 553. The highest BCUT2D eigenvalue weighted by atomic mass is 14.6. The van der Waals surface area contributed by atoms with Crippen molar-refractivity contribution in [2.75, 3.05) is 0 Å². The van der Waals surface area contributed by atoms with Crippen LogP contribution in [-0.2, 0) is 0 Å². The number of allylic oxidation sites excluding steroid dienone is 1. The first-order valence-corrected chi connectivity index (χ1v) is 6.39. The van der Waals surface area contributed by atoms with Gasteiger partial charge in [0.05, 0.1) is 0 Å². The second-order valence-corrected chi connectivity index (χ2v) is 4.92. The summed E-state index contributed by atoms with van der Waals surface area (Å²) in [6, 6.07) is 17.4. The molecular formula is C17H17N. The minimum Gasteiger partial charge on any atom is -0.403 e. The zero-order valence-corrected chi connectivity index (χ0v) is 10.4. The molecule has 0 bridgehead atoms. The Hall–Kier alpha value is -2.02. The summed E-state index contributed by atoms with van der Waals surface area (Å²) in [4.78, 5) is 0. The van der Waals surface area contributed by atoms with Crippen molar-refractivity contribution >= 4 is 0 Å². The zero-order valence-electron chi connectivity index (χ0n) is 10.4. The van der Waals surface area contributed by atoms with Gasteiger partial charge in [0.1, 0.15) is 0 Å². The van der Waals surface area contributed by atoms with E-state index in [2.05, 4.69) is 55.1 Å². The molecule has 0 fully saturated rings. The molecule has 0 saturated heterocycles. The van der Waals surface area contributed by atoms with Crippen molar-refractivity contribution in [3.63, 3.8) is 0 Å². The molecule has 1 aliphatic carbocycles. The van der Waals surface area contributed by atoms with Crippen LogP contribution in [0.1, 0.15) is 29.9 Å². The molecule has 90 valence electrons. The van der Waals surface area contributed by atoms with Crippen LogP contribution in [-0.4, -0.2) is 0 Å². The van der Waals surface area contributed by atoms with Gasteiger partial charge in [0.25, 0.3) is 0 Å². The molecule has 0 aliphatic heterocycles. The van der Waals surface area contributed by atoms with Crippen molar-refractivity contribution in [1.82, 2.24) is 0 Å². The van der Waals surface area contributed by atoms with Gasteiger partial charge in [-0.1, -0.05) is 55.1 Å². The monoisotopic (exact) mass is 235 g/mol. The maximum absolute atomic E-state index is 5.72. The molecule has 2 aromatic carbocycles. The van der Waals surface area contributed by atoms with E-state index in [4.69, 9.17) is 5.73 Å². The van der Waals surface area contributed by atoms with Crippen LogP contribution >= 0.6 is 0 Å². The molecule has 1 heteroatoms. The van der Waals surface area contributed by atoms with Crippen LogP contribution in [0.25, 0.3) is 11.1 Å². The van der Waals surface area contributed by atoms with Crippen LogP contribution in [0.3, 0.4) is 0 Å². The predicted octanol–water partition coefficient (Wildman–Crippen LogP) is 4.05. The fourth-order valence-electron chi connectivity index (χ4n) is 2.90. The van der Waals surface area contributed by atoms with E-state index in [1.807, 2.05) is 0 Å². The third-order valence-corrected chi connectivity index (χ3v) is 3.72. The molecule has 0 amide bonds. The quantitative estimate of drug-likeness (QED) is 0.853. The normalized spacial score (nSPS) is 13.1. The van der Waals surface area contributed by atoms with Gasteiger partial charge in [-0.05, 0) is 35.1 Å². The van der Waals surface area contributed by atoms with Crippen LogP contribution < -0.4 is 5.73 Å². The Morgan fingerprint density at radius 1 is 0.944 bits per heavy atom. The largest absolute Gasteiger partial charge is 0.403 e. The fraction of sp³-hybridized carbons (Fsp3) is 0.176. The van der Waals surface area contributed by atoms with Crippen molar-refractivity contribution in [3.05, 3.63) is 71.9 Å². The number of benzene rings is 2. The number of rotatable bonds is 3. The van der Waals surface area contributed by atoms with Gasteiger partial charge in [0, 0.05) is 11.6 Å². The molecule has 0 unspecified atom stereocenters. The number of hydrogen-bond donors (Lipinski definition) is 1. The van der Waals surface area contributed by atoms with E-state index in [9.17, 15) is 0 Å². The third kappa shape index (κ3) is 1.72. The molecule has 0 heterocycles. The molecule has 1 aliphatic rings. The molecule has 18 heavy (non-hydrogen) atoms. The van der Waals surface area contributed by atoms with Crippen molar-refractivity contribution < 1.29 is 0 Å². The molecule has 0 aromatic heterocycles. The van der Waals surface area contributed by atoms with Crippen molar-refractivity contribution in [2.24, 2.45) is 5.73 Å². The standard InChI is InChI=1S/C17H17N/c1-12(18)10-11-17-15-8-4-2-6-13(15)14-7-3-5-9-16(14)17/h2-9,17H,1,10-11,18H2. The number of nitrogens with two attached hydrogens (primary N) is 1. The Labute approximate surface area is 108 Å². The van der Waals surface area contributed by atoms with Crippen LogP contribution in [0.15, 0.2) is 60.8 Å². The van der Waals surface area contributed by atoms with E-state index in [1.165, 1.54) is 22.3 Å². The van der Waals surface area contributed by atoms with E-state index in [0.717, 1.165) is 18.5 Å². The first kappa shape index (κ1) is 11.1. The fourth-order valence-corrected chi connectivity index (χ4v) is 2.90. The average molecular weight is 235 g/mol. The van der Waals surface area contributed by atoms with Crippen molar-refractivity contribution in [3.8, 4) is 11.1 Å². The SMILES string of the molecule is C=C(N)CCC1c2ccccc2-c2ccccc21. The summed E-state index contributed by atoms with van der Waals surface area (Å²) in [6.07, 6.45) is 1.93. The molecule has 3 rings (SSSR count). The van der Waals surface area contributed by atoms with Crippen molar-refractivity contribution in [2.45, 2.75) is 18.8 Å². The lowest BCUT2D eigenvalue weighted by Gasteiger charge is -2.13. The molecule has 2 aromatic rings. The van der Waals surface area contributed by atoms with Gasteiger partial charge in [-0.25, -0.2) is 0 Å². The maximum atomic E-state index is 5.72. The highest BCUT2D eigenvalue weighted by Crippen LogP contribution is 2.46. The highest BCUT2D eigenvalue weighted by molar-refractivity contribution is 5.78. The van der Waals surface area contributed by atoms with E-state index in [-0.39, 0.29) is 0 Å². The first-order chi connectivity index (χ1) is 8.77. The Morgan fingerprint density at radius 3 is 1.94 bits per heavy atom. The summed E-state index contributed by atoms with van der Waals surface area (Å²) in [5.74, 6) is 0.470. The summed E-state index contributed by atoms with van der Waals surface area (Å²) in [7, 11) is 0. The van der Waals surface area contributed by atoms with Crippen LogP contribution in [0.5, 0.6) is 0 Å². The molecule has 1 nitrogen and oxygen atoms in total. The second-order valence-electron chi connectivity index (χ2n) is 4.92. The van der Waals surface area contributed by atoms with E-state index in [1.54, 1.807) is 0 Å². The second kappa shape index (κ2) is 4.34. The van der Waals surface area contributed by atoms with Crippen molar-refractivity contribution in [1.29, 1.82) is 0 Å². The van der Waals surface area contributed by atoms with E-state index < -0.39 is 0 Å². The van der Waals surface area contributed by atoms with Gasteiger partial charge >= 0.3 is 0 Å². The summed E-state index contributed by atoms with van der Waals surface area (Å²) in [6.45, 7) is 3.81. The lowest BCUT2D eigenvalue weighted by Crippen LogP contribution is -2.01. The summed E-state index contributed by atoms with van der Waals surface area (Å²) in [5, 5.41) is 0. The molecule has 2 N–H and O–H groups in total.